The number of amides is 1. The number of hydrogen-bond acceptors (Lipinski definition) is 3. The van der Waals surface area contributed by atoms with Gasteiger partial charge in [-0.3, -0.25) is 4.79 Å². The molecule has 0 saturated heterocycles. The summed E-state index contributed by atoms with van der Waals surface area (Å²) in [5, 5.41) is 2.50. The van der Waals surface area contributed by atoms with E-state index in [1.54, 1.807) is 18.2 Å². The molecule has 132 valence electrons. The van der Waals surface area contributed by atoms with Gasteiger partial charge in [-0.15, -0.1) is 0 Å². The maximum absolute atomic E-state index is 13.7. The molecule has 0 atom stereocenters. The van der Waals surface area contributed by atoms with Crippen LogP contribution >= 0.6 is 0 Å². The fourth-order valence-corrected chi connectivity index (χ4v) is 2.94. The smallest absolute Gasteiger partial charge is 0.261 e. The molecule has 0 spiro atoms. The molecule has 1 amide bonds. The second-order valence-corrected chi connectivity index (χ2v) is 5.94. The lowest BCUT2D eigenvalue weighted by atomic mass is 10.1. The van der Waals surface area contributed by atoms with Gasteiger partial charge >= 0.3 is 0 Å². The molecule has 0 heterocycles. The first-order chi connectivity index (χ1) is 12.1. The molecule has 25 heavy (non-hydrogen) atoms. The van der Waals surface area contributed by atoms with Gasteiger partial charge in [0.05, 0.1) is 13.2 Å². The topological polar surface area (TPSA) is 47.6 Å². The summed E-state index contributed by atoms with van der Waals surface area (Å²) in [6.45, 7) is 0. The minimum atomic E-state index is -0.909. The van der Waals surface area contributed by atoms with E-state index in [9.17, 15) is 13.6 Å². The molecule has 1 aliphatic rings. The van der Waals surface area contributed by atoms with Crippen LogP contribution in [0.15, 0.2) is 36.4 Å². The van der Waals surface area contributed by atoms with E-state index in [2.05, 4.69) is 5.32 Å². The SMILES string of the molecule is COc1ccc(NC(=O)c2c(F)cccc2F)cc1OC1CCCC1. The quantitative estimate of drug-likeness (QED) is 0.863. The van der Waals surface area contributed by atoms with Crippen LogP contribution in [-0.2, 0) is 0 Å². The summed E-state index contributed by atoms with van der Waals surface area (Å²) in [6.07, 6.45) is 4.30. The summed E-state index contributed by atoms with van der Waals surface area (Å²) >= 11 is 0. The van der Waals surface area contributed by atoms with Gasteiger partial charge in [0.25, 0.3) is 5.91 Å². The summed E-state index contributed by atoms with van der Waals surface area (Å²) in [6, 6.07) is 8.14. The number of rotatable bonds is 5. The zero-order valence-electron chi connectivity index (χ0n) is 13.9. The number of carbonyl (C=O) groups is 1. The van der Waals surface area contributed by atoms with E-state index in [4.69, 9.17) is 9.47 Å². The zero-order chi connectivity index (χ0) is 17.8. The fourth-order valence-electron chi connectivity index (χ4n) is 2.94. The van der Waals surface area contributed by atoms with E-state index >= 15 is 0 Å². The van der Waals surface area contributed by atoms with E-state index < -0.39 is 23.1 Å². The summed E-state index contributed by atoms with van der Waals surface area (Å²) in [5.41, 5.74) is -0.238. The van der Waals surface area contributed by atoms with Crippen LogP contribution in [0.25, 0.3) is 0 Å². The highest BCUT2D eigenvalue weighted by Crippen LogP contribution is 2.34. The summed E-state index contributed by atoms with van der Waals surface area (Å²) in [7, 11) is 1.53. The Morgan fingerprint density at radius 1 is 1.08 bits per heavy atom. The van der Waals surface area contributed by atoms with Crippen molar-refractivity contribution in [1.29, 1.82) is 0 Å². The highest BCUT2D eigenvalue weighted by molar-refractivity contribution is 6.04. The molecule has 0 aliphatic heterocycles. The van der Waals surface area contributed by atoms with Crippen molar-refractivity contribution >= 4 is 11.6 Å². The molecule has 2 aromatic rings. The molecule has 1 aliphatic carbocycles. The third-order valence-electron chi connectivity index (χ3n) is 4.21. The lowest BCUT2D eigenvalue weighted by Crippen LogP contribution is -2.16. The van der Waals surface area contributed by atoms with Crippen molar-refractivity contribution < 1.29 is 23.0 Å². The molecule has 4 nitrogen and oxygen atoms in total. The maximum Gasteiger partial charge on any atom is 0.261 e. The van der Waals surface area contributed by atoms with Crippen LogP contribution < -0.4 is 14.8 Å². The van der Waals surface area contributed by atoms with E-state index in [1.807, 2.05) is 0 Å². The Morgan fingerprint density at radius 3 is 2.40 bits per heavy atom. The van der Waals surface area contributed by atoms with Crippen molar-refractivity contribution in [2.75, 3.05) is 12.4 Å². The number of hydrogen-bond donors (Lipinski definition) is 1. The Balaban J connectivity index is 1.81. The number of ether oxygens (including phenoxy) is 2. The van der Waals surface area contributed by atoms with Gasteiger partial charge < -0.3 is 14.8 Å². The predicted molar refractivity (Wildman–Crippen MR) is 90.2 cm³/mol. The Morgan fingerprint density at radius 2 is 1.76 bits per heavy atom. The van der Waals surface area contributed by atoms with Crippen molar-refractivity contribution in [3.05, 3.63) is 53.6 Å². The maximum atomic E-state index is 13.7. The molecule has 1 N–H and O–H groups in total. The predicted octanol–water partition coefficient (Wildman–Crippen LogP) is 4.55. The average Bonchev–Trinajstić information content (AvgIpc) is 3.08. The van der Waals surface area contributed by atoms with Crippen LogP contribution in [-0.4, -0.2) is 19.1 Å². The summed E-state index contributed by atoms with van der Waals surface area (Å²) in [4.78, 5) is 12.2. The number of benzene rings is 2. The van der Waals surface area contributed by atoms with Gasteiger partial charge in [-0.25, -0.2) is 8.78 Å². The van der Waals surface area contributed by atoms with E-state index in [-0.39, 0.29) is 6.10 Å². The summed E-state index contributed by atoms with van der Waals surface area (Å²) in [5.74, 6) is -1.63. The molecule has 0 radical (unpaired) electrons. The molecule has 0 aromatic heterocycles. The second-order valence-electron chi connectivity index (χ2n) is 5.94. The van der Waals surface area contributed by atoms with Crippen LogP contribution in [0.1, 0.15) is 36.0 Å². The first-order valence-corrected chi connectivity index (χ1v) is 8.18. The third kappa shape index (κ3) is 3.90. The van der Waals surface area contributed by atoms with Crippen LogP contribution in [0, 0.1) is 11.6 Å². The molecule has 0 bridgehead atoms. The van der Waals surface area contributed by atoms with Gasteiger partial charge in [0, 0.05) is 11.8 Å². The number of halogens is 2. The lowest BCUT2D eigenvalue weighted by Gasteiger charge is -2.17. The molecular formula is C19H19F2NO3. The Bertz CT molecular complexity index is 753. The highest BCUT2D eigenvalue weighted by Gasteiger charge is 2.20. The second kappa shape index (κ2) is 7.51. The van der Waals surface area contributed by atoms with Gasteiger partial charge in [0.15, 0.2) is 11.5 Å². The van der Waals surface area contributed by atoms with Gasteiger partial charge in [0.2, 0.25) is 0 Å². The molecule has 6 heteroatoms. The fraction of sp³-hybridized carbons (Fsp3) is 0.316. The number of nitrogens with one attached hydrogen (secondary N) is 1. The van der Waals surface area contributed by atoms with E-state index in [1.165, 1.54) is 13.2 Å². The lowest BCUT2D eigenvalue weighted by molar-refractivity contribution is 0.101. The largest absolute Gasteiger partial charge is 0.493 e. The van der Waals surface area contributed by atoms with E-state index in [0.717, 1.165) is 37.8 Å². The summed E-state index contributed by atoms with van der Waals surface area (Å²) < 4.78 is 38.7. The molecule has 2 aromatic carbocycles. The Labute approximate surface area is 144 Å². The van der Waals surface area contributed by atoms with Crippen molar-refractivity contribution in [2.24, 2.45) is 0 Å². The first-order valence-electron chi connectivity index (χ1n) is 8.18. The van der Waals surface area contributed by atoms with Gasteiger partial charge in [-0.1, -0.05) is 6.07 Å². The standard InChI is InChI=1S/C19H19F2NO3/c1-24-16-10-9-12(11-17(16)25-13-5-2-3-6-13)22-19(23)18-14(20)7-4-8-15(18)21/h4,7-11,13H,2-3,5-6H2,1H3,(H,22,23). The van der Waals surface area contributed by atoms with Gasteiger partial charge in [0.1, 0.15) is 17.2 Å². The van der Waals surface area contributed by atoms with Crippen LogP contribution in [0.3, 0.4) is 0 Å². The van der Waals surface area contributed by atoms with Crippen molar-refractivity contribution in [2.45, 2.75) is 31.8 Å². The van der Waals surface area contributed by atoms with Crippen molar-refractivity contribution in [3.8, 4) is 11.5 Å². The Hall–Kier alpha value is -2.63. The monoisotopic (exact) mass is 347 g/mol. The number of anilines is 1. The Kier molecular flexibility index (Phi) is 5.16. The molecule has 0 unspecified atom stereocenters. The van der Waals surface area contributed by atoms with Crippen molar-refractivity contribution in [1.82, 2.24) is 0 Å². The number of carbonyl (C=O) groups excluding carboxylic acids is 1. The van der Waals surface area contributed by atoms with Crippen molar-refractivity contribution in [3.63, 3.8) is 0 Å². The molecular weight excluding hydrogens is 328 g/mol. The normalized spacial score (nSPS) is 14.4. The minimum absolute atomic E-state index is 0.115. The number of methoxy groups -OCH3 is 1. The average molecular weight is 347 g/mol. The van der Waals surface area contributed by atoms with Crippen LogP contribution in [0.4, 0.5) is 14.5 Å². The highest BCUT2D eigenvalue weighted by atomic mass is 19.1. The zero-order valence-corrected chi connectivity index (χ0v) is 13.9. The van der Waals surface area contributed by atoms with Gasteiger partial charge in [-0.05, 0) is 49.9 Å². The molecule has 1 fully saturated rings. The first kappa shape index (κ1) is 17.2. The van der Waals surface area contributed by atoms with Crippen LogP contribution in [0.5, 0.6) is 11.5 Å². The van der Waals surface area contributed by atoms with E-state index in [0.29, 0.717) is 17.2 Å². The molecule has 1 saturated carbocycles. The van der Waals surface area contributed by atoms with Crippen LogP contribution in [0.2, 0.25) is 0 Å². The van der Waals surface area contributed by atoms with Gasteiger partial charge in [-0.2, -0.15) is 0 Å². The molecule has 3 rings (SSSR count). The minimum Gasteiger partial charge on any atom is -0.493 e. The third-order valence-corrected chi connectivity index (χ3v) is 4.21.